The van der Waals surface area contributed by atoms with Crippen molar-refractivity contribution in [1.29, 1.82) is 21.0 Å². The van der Waals surface area contributed by atoms with Crippen LogP contribution in [-0.2, 0) is 30.1 Å². The molecule has 0 saturated carbocycles. The van der Waals surface area contributed by atoms with Gasteiger partial charge in [0, 0.05) is 102 Å². The van der Waals surface area contributed by atoms with Crippen LogP contribution in [0.3, 0.4) is 0 Å². The normalized spacial score (nSPS) is 18.1. The van der Waals surface area contributed by atoms with Gasteiger partial charge in [0.25, 0.3) is 0 Å². The van der Waals surface area contributed by atoms with Gasteiger partial charge in [-0.3, -0.25) is 9.59 Å². The Labute approximate surface area is 648 Å². The number of aryl methyl sites for hydroxylation is 3. The number of thiophene rings is 8. The fraction of sp³-hybridized carbons (Fsp3) is 0.319. The van der Waals surface area contributed by atoms with Crippen molar-refractivity contribution in [2.75, 3.05) is 0 Å². The number of benzene rings is 3. The van der Waals surface area contributed by atoms with E-state index in [9.17, 15) is 30.6 Å². The number of rotatable bonds is 26. The quantitative estimate of drug-likeness (QED) is 0.0302. The molecule has 0 N–H and O–H groups in total. The smallest absolute Gasteiger partial charge is 0.195 e. The SMILES string of the molecule is CCCCCCC1=CCC(C)(C2(c3ccc(CCCCCC)cc3)c3c(sc4cc(/C=C5\C(=O)c6cscc6C5=C(C#N)C#N)sc34)-c3sc4c5c(sc4c32)-c2sc3cc(/C=C4\C(=O)c6cscc6C4=C(C#N)C#N)sc3c2C5(c2ccc(CCCCCC)cc2)c2ccc(CCCCCC)cc2)C=C1. The van der Waals surface area contributed by atoms with Crippen LogP contribution in [0.25, 0.3) is 71.0 Å². The van der Waals surface area contributed by atoms with E-state index in [1.807, 2.05) is 79.0 Å². The number of carbonyl (C=O) groups is 2. The summed E-state index contributed by atoms with van der Waals surface area (Å²) in [4.78, 5) is 36.1. The van der Waals surface area contributed by atoms with Gasteiger partial charge in [-0.2, -0.15) is 43.7 Å². The number of nitriles is 4. The van der Waals surface area contributed by atoms with E-state index in [2.05, 4.69) is 162 Å². The third-order valence-electron chi connectivity index (χ3n) is 22.8. The number of fused-ring (bicyclic) bond motifs is 15. The van der Waals surface area contributed by atoms with Gasteiger partial charge in [-0.05, 0) is 126 Å². The number of unbranched alkanes of at least 4 members (excludes halogenated alkanes) is 12. The van der Waals surface area contributed by atoms with E-state index < -0.39 is 16.2 Å². The second-order valence-corrected chi connectivity index (χ2v) is 37.1. The van der Waals surface area contributed by atoms with E-state index in [0.717, 1.165) is 76.9 Å². The monoisotopic (exact) mass is 1520 g/mol. The average molecular weight is 1520 g/mol. The Balaban J connectivity index is 0.968. The molecule has 6 nitrogen and oxygen atoms in total. The second kappa shape index (κ2) is 29.5. The Morgan fingerprint density at radius 2 is 0.819 bits per heavy atom. The summed E-state index contributed by atoms with van der Waals surface area (Å²) in [5.41, 5.74) is 16.5. The number of allylic oxidation sites excluding steroid dienone is 10. The van der Waals surface area contributed by atoms with E-state index in [1.165, 1.54) is 199 Å². The van der Waals surface area contributed by atoms with Crippen molar-refractivity contribution in [2.24, 2.45) is 5.41 Å². The van der Waals surface area contributed by atoms with Crippen LogP contribution in [0.5, 0.6) is 0 Å². The van der Waals surface area contributed by atoms with Gasteiger partial charge in [0.1, 0.15) is 35.4 Å². The van der Waals surface area contributed by atoms with Crippen LogP contribution in [0.1, 0.15) is 247 Å². The maximum atomic E-state index is 14.5. The van der Waals surface area contributed by atoms with Crippen molar-refractivity contribution in [3.63, 3.8) is 0 Å². The molecule has 5 aliphatic rings. The summed E-state index contributed by atoms with van der Waals surface area (Å²) in [6.07, 6.45) is 35.6. The predicted octanol–water partition coefficient (Wildman–Crippen LogP) is 27.7. The van der Waals surface area contributed by atoms with E-state index >= 15 is 0 Å². The third kappa shape index (κ3) is 11.7. The highest BCUT2D eigenvalue weighted by atomic mass is 32.1. The van der Waals surface area contributed by atoms with Gasteiger partial charge < -0.3 is 0 Å². The van der Waals surface area contributed by atoms with Crippen molar-refractivity contribution in [2.45, 2.75) is 180 Å². The molecule has 0 bridgehead atoms. The van der Waals surface area contributed by atoms with Crippen molar-refractivity contribution in [3.05, 3.63) is 240 Å². The highest BCUT2D eigenvalue weighted by molar-refractivity contribution is 7.37. The number of hydrogen-bond acceptors (Lipinski definition) is 14. The highest BCUT2D eigenvalue weighted by Gasteiger charge is 2.61. The molecule has 0 radical (unpaired) electrons. The molecule has 0 aliphatic heterocycles. The van der Waals surface area contributed by atoms with Crippen LogP contribution >= 0.6 is 90.7 Å². The van der Waals surface area contributed by atoms with Crippen LogP contribution in [0.15, 0.2) is 153 Å². The Morgan fingerprint density at radius 1 is 0.438 bits per heavy atom. The van der Waals surface area contributed by atoms with Crippen LogP contribution in [0.4, 0.5) is 0 Å². The van der Waals surface area contributed by atoms with Crippen LogP contribution < -0.4 is 0 Å². The molecule has 5 aliphatic carbocycles. The zero-order valence-corrected chi connectivity index (χ0v) is 66.5. The molecule has 16 rings (SSSR count). The molecule has 0 fully saturated rings. The van der Waals surface area contributed by atoms with Crippen LogP contribution in [-0.4, -0.2) is 11.6 Å². The Kier molecular flexibility index (Phi) is 20.0. The van der Waals surface area contributed by atoms with E-state index in [0.29, 0.717) is 44.5 Å². The van der Waals surface area contributed by atoms with E-state index in [1.54, 1.807) is 22.7 Å². The molecule has 0 saturated heterocycles. The van der Waals surface area contributed by atoms with Crippen molar-refractivity contribution < 1.29 is 9.59 Å². The van der Waals surface area contributed by atoms with E-state index in [4.69, 9.17) is 0 Å². The maximum Gasteiger partial charge on any atom is 0.195 e. The highest BCUT2D eigenvalue weighted by Crippen LogP contribution is 2.74. The first-order valence-corrected chi connectivity index (χ1v) is 44.4. The standard InChI is InChI=1S/C91H80N4O2S8/c1-6-10-14-18-22-54-26-32-60(33-27-54)90(61-34-28-55(29-35-61)23-19-15-11-7-2)75-81-71(44-63(100-81)42-65-73(58(46-92)47-93)67-50-98-52-69(67)79(65)96)102-83(75)84-76(90)85-87(104-84)78-88(105-85)86-77(82-72(103-86)45-64(101-82)43-66-74(59(48-94)49-95)68-51-99-53-70(68)80(66)97)91(78,62-36-30-56(31-37-62)24-20-16-12-8-3)89(5)40-38-57(39-41-89)25-21-17-13-9-4/h26-40,42-45,50-53H,6-25,41H2,1-5H3/b65-42-,66-43-. The lowest BCUT2D eigenvalue weighted by Gasteiger charge is -2.47. The Morgan fingerprint density at radius 3 is 1.26 bits per heavy atom. The van der Waals surface area contributed by atoms with Crippen molar-refractivity contribution >= 4 is 154 Å². The summed E-state index contributed by atoms with van der Waals surface area (Å²) in [5.74, 6) is -0.313. The molecule has 8 heterocycles. The van der Waals surface area contributed by atoms with Gasteiger partial charge in [0.15, 0.2) is 11.6 Å². The molecular weight excluding hydrogens is 1440 g/mol. The summed E-state index contributed by atoms with van der Waals surface area (Å²) >= 11 is 14.0. The molecular formula is C91H80N4O2S8. The van der Waals surface area contributed by atoms with Gasteiger partial charge in [0.2, 0.25) is 0 Å². The van der Waals surface area contributed by atoms with Crippen molar-refractivity contribution in [1.82, 2.24) is 0 Å². The van der Waals surface area contributed by atoms with Gasteiger partial charge in [-0.25, -0.2) is 0 Å². The summed E-state index contributed by atoms with van der Waals surface area (Å²) in [5, 5.41) is 49.0. The molecule has 14 heteroatoms. The summed E-state index contributed by atoms with van der Waals surface area (Å²) < 4.78 is 7.34. The van der Waals surface area contributed by atoms with Gasteiger partial charge >= 0.3 is 0 Å². The molecule has 11 aromatic rings. The lowest BCUT2D eigenvalue weighted by Crippen LogP contribution is -2.44. The molecule has 0 amide bonds. The largest absolute Gasteiger partial charge is 0.289 e. The minimum absolute atomic E-state index is 0.0509. The molecule has 2 atom stereocenters. The zero-order chi connectivity index (χ0) is 72.3. The molecule has 8 aromatic heterocycles. The number of ketones is 2. The number of Topliss-reactive ketones (excluding diaryl/α,β-unsaturated/α-hetero) is 2. The Bertz CT molecular complexity index is 5610. The lowest BCUT2D eigenvalue weighted by molar-refractivity contribution is 0.103. The maximum absolute atomic E-state index is 14.5. The summed E-state index contributed by atoms with van der Waals surface area (Å²) in [6.45, 7) is 11.7. The summed E-state index contributed by atoms with van der Waals surface area (Å²) in [7, 11) is 0. The minimum atomic E-state index is -0.790. The number of carbonyl (C=O) groups excluding carboxylic acids is 2. The molecule has 2 unspecified atom stereocenters. The first kappa shape index (κ1) is 71.1. The van der Waals surface area contributed by atoms with Gasteiger partial charge in [-0.1, -0.05) is 208 Å². The fourth-order valence-corrected chi connectivity index (χ4v) is 28.0. The second-order valence-electron chi connectivity index (χ2n) is 29.3. The van der Waals surface area contributed by atoms with Crippen molar-refractivity contribution in [3.8, 4) is 43.8 Å². The molecule has 524 valence electrons. The zero-order valence-electron chi connectivity index (χ0n) is 60.0. The number of hydrogen-bond donors (Lipinski definition) is 0. The molecule has 105 heavy (non-hydrogen) atoms. The summed E-state index contributed by atoms with van der Waals surface area (Å²) in [6, 6.07) is 42.4. The van der Waals surface area contributed by atoms with Gasteiger partial charge in [-0.15, -0.1) is 68.0 Å². The van der Waals surface area contributed by atoms with E-state index in [-0.39, 0.29) is 22.7 Å². The predicted molar refractivity (Wildman–Crippen MR) is 447 cm³/mol. The van der Waals surface area contributed by atoms with Crippen LogP contribution in [0.2, 0.25) is 0 Å². The first-order chi connectivity index (χ1) is 51.4. The fourth-order valence-electron chi connectivity index (χ4n) is 17.6. The minimum Gasteiger partial charge on any atom is -0.289 e. The molecule has 0 spiro atoms. The molecule has 3 aromatic carbocycles. The lowest BCUT2D eigenvalue weighted by atomic mass is 9.54. The Hall–Kier alpha value is -8.22. The average Bonchev–Trinajstić information content (AvgIpc) is 1.47. The van der Waals surface area contributed by atoms with Gasteiger partial charge in [0.05, 0.1) is 49.1 Å². The first-order valence-electron chi connectivity index (χ1n) is 37.6. The topological polar surface area (TPSA) is 129 Å². The van der Waals surface area contributed by atoms with Crippen LogP contribution in [0, 0.1) is 50.7 Å². The number of nitrogens with zero attached hydrogens (tertiary/aromatic N) is 4. The third-order valence-corrected chi connectivity index (χ3v) is 31.9.